The molecule has 1 amide bonds. The Morgan fingerprint density at radius 1 is 1.21 bits per heavy atom. The smallest absolute Gasteiger partial charge is 0.254 e. The molecule has 2 aromatic carbocycles. The van der Waals surface area contributed by atoms with E-state index in [0.717, 1.165) is 36.1 Å². The first-order valence-corrected chi connectivity index (χ1v) is 8.72. The summed E-state index contributed by atoms with van der Waals surface area (Å²) in [6.07, 6.45) is 2.21. The Kier molecular flexibility index (Phi) is 5.54. The van der Waals surface area contributed by atoms with Crippen molar-refractivity contribution in [3.63, 3.8) is 0 Å². The normalized spacial score (nSPS) is 17.0. The average Bonchev–Trinajstić information content (AvgIpc) is 3.09. The Labute approximate surface area is 148 Å². The van der Waals surface area contributed by atoms with Crippen molar-refractivity contribution in [2.75, 3.05) is 13.2 Å². The van der Waals surface area contributed by atoms with Gasteiger partial charge in [0, 0.05) is 30.3 Å². The van der Waals surface area contributed by atoms with Crippen LogP contribution in [0.5, 0.6) is 0 Å². The van der Waals surface area contributed by atoms with Crippen LogP contribution in [-0.2, 0) is 11.3 Å². The molecule has 0 aromatic heterocycles. The van der Waals surface area contributed by atoms with Crippen LogP contribution in [0.4, 0.5) is 0 Å². The monoisotopic (exact) mass is 343 g/mol. The maximum absolute atomic E-state index is 13.1. The zero-order valence-electron chi connectivity index (χ0n) is 13.9. The Balaban J connectivity index is 1.81. The van der Waals surface area contributed by atoms with Crippen LogP contribution in [0.25, 0.3) is 0 Å². The van der Waals surface area contributed by atoms with E-state index in [1.54, 1.807) is 0 Å². The standard InChI is InChI=1S/C20H22ClNO2/c1-15-5-2-3-7-19(15)20(23)22(14-18-6-4-12-24-18)13-16-8-10-17(21)11-9-16/h2-3,5,7-11,18H,4,6,12-14H2,1H3. The quantitative estimate of drug-likeness (QED) is 0.801. The van der Waals surface area contributed by atoms with Crippen LogP contribution in [0.3, 0.4) is 0 Å². The summed E-state index contributed by atoms with van der Waals surface area (Å²) < 4.78 is 5.74. The number of aryl methyl sites for hydroxylation is 1. The molecular formula is C20H22ClNO2. The first-order chi connectivity index (χ1) is 11.6. The van der Waals surface area contributed by atoms with Crippen LogP contribution >= 0.6 is 11.6 Å². The molecule has 1 aliphatic rings. The summed E-state index contributed by atoms with van der Waals surface area (Å²) >= 11 is 5.96. The van der Waals surface area contributed by atoms with Crippen molar-refractivity contribution < 1.29 is 9.53 Å². The molecule has 0 saturated carbocycles. The minimum Gasteiger partial charge on any atom is -0.376 e. The third-order valence-electron chi connectivity index (χ3n) is 4.40. The molecule has 1 aliphatic heterocycles. The first kappa shape index (κ1) is 17.0. The van der Waals surface area contributed by atoms with Gasteiger partial charge >= 0.3 is 0 Å². The number of halogens is 1. The lowest BCUT2D eigenvalue weighted by Crippen LogP contribution is -2.37. The number of nitrogens with zero attached hydrogens (tertiary/aromatic N) is 1. The van der Waals surface area contributed by atoms with E-state index in [9.17, 15) is 4.79 Å². The molecule has 4 heteroatoms. The summed E-state index contributed by atoms with van der Waals surface area (Å²) in [6, 6.07) is 15.4. The summed E-state index contributed by atoms with van der Waals surface area (Å²) in [5.74, 6) is 0.0542. The molecule has 3 nitrogen and oxygen atoms in total. The first-order valence-electron chi connectivity index (χ1n) is 8.34. The van der Waals surface area contributed by atoms with Crippen LogP contribution in [0.2, 0.25) is 5.02 Å². The van der Waals surface area contributed by atoms with E-state index in [-0.39, 0.29) is 12.0 Å². The number of rotatable bonds is 5. The van der Waals surface area contributed by atoms with E-state index in [1.807, 2.05) is 60.4 Å². The largest absolute Gasteiger partial charge is 0.376 e. The highest BCUT2D eigenvalue weighted by atomic mass is 35.5. The minimum absolute atomic E-state index is 0.0542. The van der Waals surface area contributed by atoms with Crippen molar-refractivity contribution >= 4 is 17.5 Å². The van der Waals surface area contributed by atoms with Crippen molar-refractivity contribution in [1.82, 2.24) is 4.90 Å². The fourth-order valence-corrected chi connectivity index (χ4v) is 3.17. The Bertz CT molecular complexity index is 693. The van der Waals surface area contributed by atoms with E-state index >= 15 is 0 Å². The molecule has 0 bridgehead atoms. The topological polar surface area (TPSA) is 29.5 Å². The van der Waals surface area contributed by atoms with Crippen molar-refractivity contribution in [1.29, 1.82) is 0 Å². The summed E-state index contributed by atoms with van der Waals surface area (Å²) in [4.78, 5) is 15.0. The summed E-state index contributed by atoms with van der Waals surface area (Å²) in [7, 11) is 0. The van der Waals surface area contributed by atoms with Gasteiger partial charge in [-0.25, -0.2) is 0 Å². The third-order valence-corrected chi connectivity index (χ3v) is 4.65. The summed E-state index contributed by atoms with van der Waals surface area (Å²) in [5, 5.41) is 0.703. The molecule has 0 N–H and O–H groups in total. The SMILES string of the molecule is Cc1ccccc1C(=O)N(Cc1ccc(Cl)cc1)CC1CCCO1. The average molecular weight is 344 g/mol. The van der Waals surface area contributed by atoms with Gasteiger partial charge in [0.05, 0.1) is 6.10 Å². The maximum Gasteiger partial charge on any atom is 0.254 e. The van der Waals surface area contributed by atoms with Gasteiger partial charge in [-0.15, -0.1) is 0 Å². The summed E-state index contributed by atoms with van der Waals surface area (Å²) in [6.45, 7) is 3.94. The van der Waals surface area contributed by atoms with E-state index in [0.29, 0.717) is 18.1 Å². The zero-order chi connectivity index (χ0) is 16.9. The fraction of sp³-hybridized carbons (Fsp3) is 0.350. The molecule has 1 unspecified atom stereocenters. The molecule has 0 aliphatic carbocycles. The molecular weight excluding hydrogens is 322 g/mol. The maximum atomic E-state index is 13.1. The molecule has 126 valence electrons. The van der Waals surface area contributed by atoms with Gasteiger partial charge in [-0.3, -0.25) is 4.79 Å². The number of hydrogen-bond donors (Lipinski definition) is 0. The molecule has 24 heavy (non-hydrogen) atoms. The van der Waals surface area contributed by atoms with Crippen LogP contribution in [0.15, 0.2) is 48.5 Å². The minimum atomic E-state index is 0.0542. The van der Waals surface area contributed by atoms with Gasteiger partial charge in [-0.1, -0.05) is 41.9 Å². The van der Waals surface area contributed by atoms with Gasteiger partial charge in [-0.05, 0) is 49.1 Å². The molecule has 2 aromatic rings. The van der Waals surface area contributed by atoms with Gasteiger partial charge in [-0.2, -0.15) is 0 Å². The molecule has 1 fully saturated rings. The van der Waals surface area contributed by atoms with Crippen molar-refractivity contribution in [3.8, 4) is 0 Å². The van der Waals surface area contributed by atoms with Crippen LogP contribution < -0.4 is 0 Å². The van der Waals surface area contributed by atoms with Crippen molar-refractivity contribution in [2.45, 2.75) is 32.4 Å². The van der Waals surface area contributed by atoms with E-state index in [2.05, 4.69) is 0 Å². The van der Waals surface area contributed by atoms with Crippen LogP contribution in [0, 0.1) is 6.92 Å². The Morgan fingerprint density at radius 3 is 2.62 bits per heavy atom. The Morgan fingerprint density at radius 2 is 1.96 bits per heavy atom. The second-order valence-electron chi connectivity index (χ2n) is 6.26. The highest BCUT2D eigenvalue weighted by Crippen LogP contribution is 2.19. The van der Waals surface area contributed by atoms with Gasteiger partial charge in [0.2, 0.25) is 0 Å². The van der Waals surface area contributed by atoms with Gasteiger partial charge in [0.15, 0.2) is 0 Å². The predicted octanol–water partition coefficient (Wildman–Crippen LogP) is 4.47. The Hall–Kier alpha value is -1.84. The van der Waals surface area contributed by atoms with E-state index < -0.39 is 0 Å². The zero-order valence-corrected chi connectivity index (χ0v) is 14.6. The molecule has 0 spiro atoms. The number of benzene rings is 2. The lowest BCUT2D eigenvalue weighted by atomic mass is 10.1. The van der Waals surface area contributed by atoms with Gasteiger partial charge < -0.3 is 9.64 Å². The number of amides is 1. The fourth-order valence-electron chi connectivity index (χ4n) is 3.05. The van der Waals surface area contributed by atoms with Crippen molar-refractivity contribution in [2.24, 2.45) is 0 Å². The number of carbonyl (C=O) groups excluding carboxylic acids is 1. The molecule has 1 heterocycles. The van der Waals surface area contributed by atoms with Gasteiger partial charge in [0.1, 0.15) is 0 Å². The number of hydrogen-bond acceptors (Lipinski definition) is 2. The van der Waals surface area contributed by atoms with Crippen LogP contribution in [-0.4, -0.2) is 30.1 Å². The second kappa shape index (κ2) is 7.82. The third kappa shape index (κ3) is 4.16. The number of ether oxygens (including phenoxy) is 1. The number of carbonyl (C=O) groups is 1. The molecule has 3 rings (SSSR count). The summed E-state index contributed by atoms with van der Waals surface area (Å²) in [5.41, 5.74) is 2.82. The lowest BCUT2D eigenvalue weighted by Gasteiger charge is -2.26. The van der Waals surface area contributed by atoms with E-state index in [4.69, 9.17) is 16.3 Å². The van der Waals surface area contributed by atoms with Crippen LogP contribution in [0.1, 0.15) is 34.3 Å². The highest BCUT2D eigenvalue weighted by molar-refractivity contribution is 6.30. The molecule has 1 atom stereocenters. The molecule has 1 saturated heterocycles. The van der Waals surface area contributed by atoms with E-state index in [1.165, 1.54) is 0 Å². The lowest BCUT2D eigenvalue weighted by molar-refractivity contribution is 0.0506. The van der Waals surface area contributed by atoms with Crippen molar-refractivity contribution in [3.05, 3.63) is 70.2 Å². The second-order valence-corrected chi connectivity index (χ2v) is 6.70. The molecule has 0 radical (unpaired) electrons. The predicted molar refractivity (Wildman–Crippen MR) is 96.3 cm³/mol. The van der Waals surface area contributed by atoms with Gasteiger partial charge in [0.25, 0.3) is 5.91 Å². The highest BCUT2D eigenvalue weighted by Gasteiger charge is 2.24.